The average molecular weight is 436 g/mol. The van der Waals surface area contributed by atoms with Crippen molar-refractivity contribution in [3.8, 4) is 0 Å². The summed E-state index contributed by atoms with van der Waals surface area (Å²) in [6, 6.07) is 5.99. The fourth-order valence-electron chi connectivity index (χ4n) is 3.34. The van der Waals surface area contributed by atoms with E-state index in [1.165, 1.54) is 6.07 Å². The van der Waals surface area contributed by atoms with Crippen LogP contribution in [0.25, 0.3) is 0 Å². The first-order valence-corrected chi connectivity index (χ1v) is 11.3. The summed E-state index contributed by atoms with van der Waals surface area (Å²) in [5, 5.41) is 4.83. The van der Waals surface area contributed by atoms with E-state index in [4.69, 9.17) is 4.74 Å². The molecule has 0 unspecified atom stereocenters. The van der Waals surface area contributed by atoms with Crippen LogP contribution in [0.1, 0.15) is 44.1 Å². The molecule has 0 bridgehead atoms. The Morgan fingerprint density at radius 2 is 1.90 bits per heavy atom. The molecule has 3 N–H and O–H groups in total. The van der Waals surface area contributed by atoms with Crippen LogP contribution in [0.2, 0.25) is 0 Å². The quantitative estimate of drug-likeness (QED) is 0.426. The summed E-state index contributed by atoms with van der Waals surface area (Å²) in [5.41, 5.74) is 0.493. The normalized spacial score (nSPS) is 18.5. The number of hydrogen-bond acceptors (Lipinski definition) is 7. The largest absolute Gasteiger partial charge is 0.456 e. The maximum atomic E-state index is 12.0. The number of aliphatic imine (C=N–C) groups is 1. The van der Waals surface area contributed by atoms with E-state index >= 15 is 0 Å². The predicted octanol–water partition coefficient (Wildman–Crippen LogP) is 0.817. The van der Waals surface area contributed by atoms with Gasteiger partial charge in [0.25, 0.3) is 15.9 Å². The van der Waals surface area contributed by atoms with Gasteiger partial charge in [-0.3, -0.25) is 24.6 Å². The number of carbonyl (C=O) groups excluding carboxylic acids is 3. The van der Waals surface area contributed by atoms with Gasteiger partial charge in [0.05, 0.1) is 4.90 Å². The number of ether oxygens (including phenoxy) is 1. The van der Waals surface area contributed by atoms with Crippen LogP contribution in [0.5, 0.6) is 0 Å². The number of hydrogen-bond donors (Lipinski definition) is 3. The number of benzene rings is 1. The van der Waals surface area contributed by atoms with E-state index in [1.54, 1.807) is 18.2 Å². The number of amidine groups is 1. The van der Waals surface area contributed by atoms with Crippen molar-refractivity contribution in [2.24, 2.45) is 4.99 Å². The van der Waals surface area contributed by atoms with Gasteiger partial charge in [-0.1, -0.05) is 25.0 Å². The van der Waals surface area contributed by atoms with Crippen molar-refractivity contribution in [2.75, 3.05) is 13.2 Å². The van der Waals surface area contributed by atoms with Gasteiger partial charge in [0.15, 0.2) is 6.61 Å². The van der Waals surface area contributed by atoms with E-state index < -0.39 is 34.5 Å². The van der Waals surface area contributed by atoms with Crippen molar-refractivity contribution in [3.63, 3.8) is 0 Å². The third-order valence-electron chi connectivity index (χ3n) is 4.78. The topological polar surface area (TPSA) is 143 Å². The van der Waals surface area contributed by atoms with Gasteiger partial charge in [0.1, 0.15) is 5.84 Å². The summed E-state index contributed by atoms with van der Waals surface area (Å²) < 4.78 is 31.2. The van der Waals surface area contributed by atoms with Gasteiger partial charge in [0.2, 0.25) is 0 Å². The van der Waals surface area contributed by atoms with Gasteiger partial charge in [-0.15, -0.1) is 0 Å². The maximum Gasteiger partial charge on any atom is 0.321 e. The lowest BCUT2D eigenvalue weighted by Crippen LogP contribution is -2.44. The molecule has 0 atom stereocenters. The molecule has 1 aliphatic carbocycles. The average Bonchev–Trinajstić information content (AvgIpc) is 3.30. The molecule has 3 rings (SSSR count). The maximum absolute atomic E-state index is 12.0. The minimum absolute atomic E-state index is 0.00667. The molecule has 1 saturated carbocycles. The molecule has 1 aliphatic heterocycles. The lowest BCUT2D eigenvalue weighted by Gasteiger charge is -2.12. The molecular weight excluding hydrogens is 412 g/mol. The molecule has 11 heteroatoms. The van der Waals surface area contributed by atoms with Crippen molar-refractivity contribution < 1.29 is 27.5 Å². The summed E-state index contributed by atoms with van der Waals surface area (Å²) in [6.45, 7) is -0.337. The molecule has 1 fully saturated rings. The van der Waals surface area contributed by atoms with Gasteiger partial charge in [0, 0.05) is 24.6 Å². The Balaban J connectivity index is 1.35. The highest BCUT2D eigenvalue weighted by atomic mass is 32.2. The molecule has 1 heterocycles. The molecule has 1 aromatic carbocycles. The van der Waals surface area contributed by atoms with Crippen molar-refractivity contribution >= 4 is 33.8 Å². The SMILES string of the molecule is O=C(COC(=O)CCCN=C1NS(=O)(=O)c2ccccc21)NC(=O)NC1CCCC1. The second-order valence-corrected chi connectivity index (χ2v) is 8.75. The van der Waals surface area contributed by atoms with E-state index in [0.29, 0.717) is 12.0 Å². The Hall–Kier alpha value is -2.95. The Kier molecular flexibility index (Phi) is 7.03. The smallest absolute Gasteiger partial charge is 0.321 e. The zero-order valence-electron chi connectivity index (χ0n) is 16.3. The van der Waals surface area contributed by atoms with Crippen LogP contribution in [-0.2, 0) is 24.3 Å². The highest BCUT2D eigenvalue weighted by molar-refractivity contribution is 7.90. The van der Waals surface area contributed by atoms with Crippen LogP contribution >= 0.6 is 0 Å². The number of esters is 1. The predicted molar refractivity (Wildman–Crippen MR) is 107 cm³/mol. The molecule has 2 aliphatic rings. The first-order valence-electron chi connectivity index (χ1n) is 9.78. The number of rotatable bonds is 7. The van der Waals surface area contributed by atoms with Crippen molar-refractivity contribution in [1.82, 2.24) is 15.4 Å². The van der Waals surface area contributed by atoms with Crippen LogP contribution in [0, 0.1) is 0 Å². The van der Waals surface area contributed by atoms with E-state index in [2.05, 4.69) is 20.3 Å². The molecule has 162 valence electrons. The lowest BCUT2D eigenvalue weighted by molar-refractivity contribution is -0.148. The van der Waals surface area contributed by atoms with E-state index in [9.17, 15) is 22.8 Å². The number of sulfonamides is 1. The fraction of sp³-hybridized carbons (Fsp3) is 0.474. The van der Waals surface area contributed by atoms with Crippen LogP contribution < -0.4 is 15.4 Å². The zero-order valence-corrected chi connectivity index (χ0v) is 17.2. The highest BCUT2D eigenvalue weighted by Gasteiger charge is 2.29. The second-order valence-electron chi connectivity index (χ2n) is 7.10. The molecule has 0 aromatic heterocycles. The standard InChI is InChI=1S/C19H24N4O6S/c24-16(22-19(26)21-13-6-1-2-7-13)12-29-17(25)10-5-11-20-18-14-8-3-4-9-15(14)30(27,28)23-18/h3-4,8-9,13H,1-2,5-7,10-12H2,(H,20,23)(H2,21,22,24,26). The minimum atomic E-state index is -3.59. The van der Waals surface area contributed by atoms with Crippen molar-refractivity contribution in [2.45, 2.75) is 49.5 Å². The summed E-state index contributed by atoms with van der Waals surface area (Å²) in [5.74, 6) is -1.06. The Bertz CT molecular complexity index is 954. The van der Waals surface area contributed by atoms with Gasteiger partial charge in [-0.25, -0.2) is 13.2 Å². The summed E-state index contributed by atoms with van der Waals surface area (Å²) in [6.07, 6.45) is 4.23. The van der Waals surface area contributed by atoms with Gasteiger partial charge >= 0.3 is 12.0 Å². The fourth-order valence-corrected chi connectivity index (χ4v) is 4.59. The van der Waals surface area contributed by atoms with Crippen molar-refractivity contribution in [3.05, 3.63) is 29.8 Å². The summed E-state index contributed by atoms with van der Waals surface area (Å²) in [4.78, 5) is 39.5. The highest BCUT2D eigenvalue weighted by Crippen LogP contribution is 2.22. The monoisotopic (exact) mass is 436 g/mol. The number of carbonyl (C=O) groups is 3. The van der Waals surface area contributed by atoms with Gasteiger partial charge in [-0.2, -0.15) is 0 Å². The van der Waals surface area contributed by atoms with Crippen LogP contribution in [0.3, 0.4) is 0 Å². The number of urea groups is 1. The number of nitrogens with zero attached hydrogens (tertiary/aromatic N) is 1. The first kappa shape index (κ1) is 21.8. The third-order valence-corrected chi connectivity index (χ3v) is 6.18. The molecule has 3 amide bonds. The van der Waals surface area contributed by atoms with Crippen LogP contribution in [0.15, 0.2) is 34.2 Å². The lowest BCUT2D eigenvalue weighted by atomic mass is 10.2. The van der Waals surface area contributed by atoms with Gasteiger partial charge < -0.3 is 10.1 Å². The summed E-state index contributed by atoms with van der Waals surface area (Å²) in [7, 11) is -3.59. The van der Waals surface area contributed by atoms with E-state index in [0.717, 1.165) is 25.7 Å². The number of amides is 3. The van der Waals surface area contributed by atoms with E-state index in [1.807, 2.05) is 0 Å². The first-order chi connectivity index (χ1) is 14.3. The molecule has 10 nitrogen and oxygen atoms in total. The van der Waals surface area contributed by atoms with Crippen LogP contribution in [0.4, 0.5) is 4.79 Å². The molecule has 0 radical (unpaired) electrons. The molecule has 1 aromatic rings. The Labute approximate surface area is 174 Å². The van der Waals surface area contributed by atoms with Crippen molar-refractivity contribution in [1.29, 1.82) is 0 Å². The third kappa shape index (κ3) is 5.78. The number of nitrogens with one attached hydrogen (secondary N) is 3. The van der Waals surface area contributed by atoms with E-state index in [-0.39, 0.29) is 29.7 Å². The number of fused-ring (bicyclic) bond motifs is 1. The molecule has 0 spiro atoms. The summed E-state index contributed by atoms with van der Waals surface area (Å²) >= 11 is 0. The zero-order chi connectivity index (χ0) is 21.6. The van der Waals surface area contributed by atoms with Gasteiger partial charge in [-0.05, 0) is 31.4 Å². The van der Waals surface area contributed by atoms with Crippen LogP contribution in [-0.4, -0.2) is 51.4 Å². The number of imide groups is 1. The minimum Gasteiger partial charge on any atom is -0.456 e. The molecule has 30 heavy (non-hydrogen) atoms. The molecular formula is C19H24N4O6S. The second kappa shape index (κ2) is 9.70. The molecule has 0 saturated heterocycles. The Morgan fingerprint density at radius 1 is 1.17 bits per heavy atom. The Morgan fingerprint density at radius 3 is 2.67 bits per heavy atom.